The van der Waals surface area contributed by atoms with Crippen LogP contribution in [0.25, 0.3) is 0 Å². The summed E-state index contributed by atoms with van der Waals surface area (Å²) in [6.45, 7) is 4.52. The fourth-order valence-electron chi connectivity index (χ4n) is 2.26. The molecule has 0 aliphatic carbocycles. The number of benzene rings is 2. The van der Waals surface area contributed by atoms with Crippen molar-refractivity contribution in [3.63, 3.8) is 0 Å². The lowest BCUT2D eigenvalue weighted by atomic mass is 10.0. The number of halogens is 1. The molecule has 110 valence electrons. The van der Waals surface area contributed by atoms with Crippen LogP contribution in [0.5, 0.6) is 0 Å². The summed E-state index contributed by atoms with van der Waals surface area (Å²) in [5.41, 5.74) is 2.55. The molecule has 0 amide bonds. The second kappa shape index (κ2) is 6.45. The highest BCUT2D eigenvalue weighted by atomic mass is 19.1. The zero-order valence-electron chi connectivity index (χ0n) is 12.0. The Balaban J connectivity index is 2.05. The zero-order valence-corrected chi connectivity index (χ0v) is 12.0. The van der Waals surface area contributed by atoms with Gasteiger partial charge in [-0.3, -0.25) is 10.1 Å². The summed E-state index contributed by atoms with van der Waals surface area (Å²) < 4.78 is 13.5. The molecule has 0 saturated heterocycles. The number of hydrogen-bond donors (Lipinski definition) is 1. The molecule has 2 aromatic rings. The van der Waals surface area contributed by atoms with E-state index in [1.54, 1.807) is 6.07 Å². The first-order valence-electron chi connectivity index (χ1n) is 6.70. The topological polar surface area (TPSA) is 55.2 Å². The number of nitrogens with zero attached hydrogens (tertiary/aromatic N) is 1. The van der Waals surface area contributed by atoms with Crippen LogP contribution < -0.4 is 5.32 Å². The SMILES string of the molecule is Cc1ccccc1[C@H](C)NCc1ccc([N+](=O)[O-])c(F)c1. The summed E-state index contributed by atoms with van der Waals surface area (Å²) >= 11 is 0. The maximum absolute atomic E-state index is 13.5. The summed E-state index contributed by atoms with van der Waals surface area (Å²) in [6.07, 6.45) is 0. The molecule has 0 fully saturated rings. The minimum absolute atomic E-state index is 0.115. The Bertz CT molecular complexity index is 658. The van der Waals surface area contributed by atoms with E-state index < -0.39 is 16.4 Å². The molecule has 0 unspecified atom stereocenters. The smallest absolute Gasteiger partial charge is 0.304 e. The van der Waals surface area contributed by atoms with Crippen LogP contribution in [0, 0.1) is 22.9 Å². The van der Waals surface area contributed by atoms with Gasteiger partial charge in [-0.15, -0.1) is 0 Å². The lowest BCUT2D eigenvalue weighted by molar-refractivity contribution is -0.387. The highest BCUT2D eigenvalue weighted by Crippen LogP contribution is 2.20. The lowest BCUT2D eigenvalue weighted by Gasteiger charge is -2.16. The first-order valence-corrected chi connectivity index (χ1v) is 6.70. The van der Waals surface area contributed by atoms with Gasteiger partial charge in [0.15, 0.2) is 0 Å². The second-order valence-electron chi connectivity index (χ2n) is 5.00. The van der Waals surface area contributed by atoms with Crippen molar-refractivity contribution >= 4 is 5.69 Å². The van der Waals surface area contributed by atoms with Gasteiger partial charge in [-0.1, -0.05) is 30.3 Å². The Morgan fingerprint density at radius 2 is 2.00 bits per heavy atom. The normalized spacial score (nSPS) is 12.1. The summed E-state index contributed by atoms with van der Waals surface area (Å²) in [4.78, 5) is 9.85. The highest BCUT2D eigenvalue weighted by Gasteiger charge is 2.14. The van der Waals surface area contributed by atoms with Gasteiger partial charge in [0.25, 0.3) is 0 Å². The largest absolute Gasteiger partial charge is 0.306 e. The molecule has 0 aliphatic rings. The Hall–Kier alpha value is -2.27. The molecule has 0 radical (unpaired) electrons. The van der Waals surface area contributed by atoms with E-state index in [-0.39, 0.29) is 6.04 Å². The van der Waals surface area contributed by atoms with Gasteiger partial charge in [-0.05, 0) is 36.6 Å². The van der Waals surface area contributed by atoms with E-state index in [4.69, 9.17) is 0 Å². The third kappa shape index (κ3) is 3.64. The van der Waals surface area contributed by atoms with Crippen molar-refractivity contribution in [1.82, 2.24) is 5.32 Å². The molecular formula is C16H17FN2O2. The van der Waals surface area contributed by atoms with Gasteiger partial charge in [0.1, 0.15) is 0 Å². The van der Waals surface area contributed by atoms with E-state index >= 15 is 0 Å². The molecule has 0 bridgehead atoms. The monoisotopic (exact) mass is 288 g/mol. The fourth-order valence-corrected chi connectivity index (χ4v) is 2.26. The first kappa shape index (κ1) is 15.1. The molecule has 0 aliphatic heterocycles. The number of rotatable bonds is 5. The molecule has 2 rings (SSSR count). The van der Waals surface area contributed by atoms with E-state index in [0.717, 1.165) is 0 Å². The van der Waals surface area contributed by atoms with Crippen molar-refractivity contribution in [2.24, 2.45) is 0 Å². The predicted molar refractivity (Wildman–Crippen MR) is 79.5 cm³/mol. The number of hydrogen-bond acceptors (Lipinski definition) is 3. The van der Waals surface area contributed by atoms with Crippen molar-refractivity contribution in [2.75, 3.05) is 0 Å². The van der Waals surface area contributed by atoms with Gasteiger partial charge in [-0.2, -0.15) is 4.39 Å². The predicted octanol–water partition coefficient (Wildman–Crippen LogP) is 3.89. The Morgan fingerprint density at radius 1 is 1.29 bits per heavy atom. The van der Waals surface area contributed by atoms with Crippen LogP contribution >= 0.6 is 0 Å². The minimum Gasteiger partial charge on any atom is -0.306 e. The van der Waals surface area contributed by atoms with E-state index in [2.05, 4.69) is 5.32 Å². The summed E-state index contributed by atoms with van der Waals surface area (Å²) in [7, 11) is 0. The Labute approximate surface area is 122 Å². The van der Waals surface area contributed by atoms with Gasteiger partial charge in [0.2, 0.25) is 5.82 Å². The molecule has 0 aromatic heterocycles. The molecule has 1 atom stereocenters. The summed E-state index contributed by atoms with van der Waals surface area (Å²) in [5.74, 6) is -0.803. The maximum atomic E-state index is 13.5. The highest BCUT2D eigenvalue weighted by molar-refractivity contribution is 5.35. The van der Waals surface area contributed by atoms with Crippen molar-refractivity contribution in [3.8, 4) is 0 Å². The lowest BCUT2D eigenvalue weighted by Crippen LogP contribution is -2.19. The quantitative estimate of drug-likeness (QED) is 0.670. The van der Waals surface area contributed by atoms with E-state index in [0.29, 0.717) is 12.1 Å². The van der Waals surface area contributed by atoms with Crippen molar-refractivity contribution in [2.45, 2.75) is 26.4 Å². The fraction of sp³-hybridized carbons (Fsp3) is 0.250. The molecule has 1 N–H and O–H groups in total. The van der Waals surface area contributed by atoms with E-state index in [1.807, 2.05) is 38.1 Å². The minimum atomic E-state index is -0.803. The van der Waals surface area contributed by atoms with Crippen LogP contribution in [-0.4, -0.2) is 4.92 Å². The Morgan fingerprint density at radius 3 is 2.62 bits per heavy atom. The number of nitro groups is 1. The molecule has 21 heavy (non-hydrogen) atoms. The van der Waals surface area contributed by atoms with Crippen LogP contribution in [0.2, 0.25) is 0 Å². The molecule has 0 saturated carbocycles. The molecule has 0 spiro atoms. The first-order chi connectivity index (χ1) is 9.99. The second-order valence-corrected chi connectivity index (χ2v) is 5.00. The standard InChI is InChI=1S/C16H17FN2O2/c1-11-5-3-4-6-14(11)12(2)18-10-13-7-8-16(19(20)21)15(17)9-13/h3-9,12,18H,10H2,1-2H3/t12-/m0/s1. The number of nitro benzene ring substituents is 1. The number of aryl methyl sites for hydroxylation is 1. The van der Waals surface area contributed by atoms with Crippen molar-refractivity contribution in [1.29, 1.82) is 0 Å². The molecule has 2 aromatic carbocycles. The summed E-state index contributed by atoms with van der Waals surface area (Å²) in [6, 6.07) is 12.1. The maximum Gasteiger partial charge on any atom is 0.304 e. The third-order valence-corrected chi connectivity index (χ3v) is 3.48. The summed E-state index contributed by atoms with van der Waals surface area (Å²) in [5, 5.41) is 13.9. The van der Waals surface area contributed by atoms with E-state index in [1.165, 1.54) is 23.3 Å². The van der Waals surface area contributed by atoms with Gasteiger partial charge >= 0.3 is 5.69 Å². The third-order valence-electron chi connectivity index (χ3n) is 3.48. The molecule has 5 heteroatoms. The molecule has 0 heterocycles. The van der Waals surface area contributed by atoms with E-state index in [9.17, 15) is 14.5 Å². The van der Waals surface area contributed by atoms with Crippen LogP contribution in [0.1, 0.15) is 29.7 Å². The van der Waals surface area contributed by atoms with Crippen LogP contribution in [-0.2, 0) is 6.54 Å². The van der Waals surface area contributed by atoms with Gasteiger partial charge in [0, 0.05) is 18.7 Å². The Kier molecular flexibility index (Phi) is 4.65. The van der Waals surface area contributed by atoms with Crippen molar-refractivity contribution in [3.05, 3.63) is 75.1 Å². The molecular weight excluding hydrogens is 271 g/mol. The van der Waals surface area contributed by atoms with Crippen LogP contribution in [0.4, 0.5) is 10.1 Å². The van der Waals surface area contributed by atoms with Gasteiger partial charge in [-0.25, -0.2) is 0 Å². The zero-order chi connectivity index (χ0) is 15.4. The van der Waals surface area contributed by atoms with Crippen LogP contribution in [0.3, 0.4) is 0 Å². The van der Waals surface area contributed by atoms with Crippen LogP contribution in [0.15, 0.2) is 42.5 Å². The van der Waals surface area contributed by atoms with Crippen molar-refractivity contribution < 1.29 is 9.31 Å². The molecule has 4 nitrogen and oxygen atoms in total. The van der Waals surface area contributed by atoms with Gasteiger partial charge < -0.3 is 5.32 Å². The van der Waals surface area contributed by atoms with Gasteiger partial charge in [0.05, 0.1) is 4.92 Å². The number of nitrogens with one attached hydrogen (secondary N) is 1. The average molecular weight is 288 g/mol. The average Bonchev–Trinajstić information content (AvgIpc) is 2.45.